The topological polar surface area (TPSA) is 161 Å². The highest BCUT2D eigenvalue weighted by Gasteiger charge is 2.62. The molecule has 9 atom stereocenters. The maximum atomic E-state index is 13.1. The first-order chi connectivity index (χ1) is 14.5. The van der Waals surface area contributed by atoms with E-state index < -0.39 is 71.4 Å². The molecule has 0 bridgehead atoms. The Kier molecular flexibility index (Phi) is 5.38. The van der Waals surface area contributed by atoms with E-state index >= 15 is 0 Å². The van der Waals surface area contributed by atoms with E-state index in [2.05, 4.69) is 0 Å². The smallest absolute Gasteiger partial charge is 0.235 e. The molecule has 31 heavy (non-hydrogen) atoms. The van der Waals surface area contributed by atoms with Gasteiger partial charge in [0.1, 0.15) is 5.75 Å². The summed E-state index contributed by atoms with van der Waals surface area (Å²) >= 11 is 6.25. The molecule has 0 spiro atoms. The summed E-state index contributed by atoms with van der Waals surface area (Å²) in [6.07, 6.45) is -3.99. The van der Waals surface area contributed by atoms with Crippen molar-refractivity contribution in [2.45, 2.75) is 30.8 Å². The molecule has 0 aromatic heterocycles. The fourth-order valence-corrected chi connectivity index (χ4v) is 6.35. The van der Waals surface area contributed by atoms with Gasteiger partial charge in [0, 0.05) is 22.1 Å². The van der Waals surface area contributed by atoms with Crippen LogP contribution in [0.5, 0.6) is 5.75 Å². The zero-order valence-corrected chi connectivity index (χ0v) is 17.7. The quantitative estimate of drug-likeness (QED) is 0.376. The molecule has 1 aromatic rings. The van der Waals surface area contributed by atoms with E-state index in [1.807, 2.05) is 0 Å². The van der Waals surface area contributed by atoms with Crippen LogP contribution in [-0.4, -0.2) is 69.0 Å². The second kappa shape index (κ2) is 7.53. The lowest BCUT2D eigenvalue weighted by atomic mass is 9.53. The van der Waals surface area contributed by atoms with Crippen molar-refractivity contribution in [2.75, 3.05) is 14.1 Å². The minimum Gasteiger partial charge on any atom is -0.508 e. The molecule has 10 heteroatoms. The Bertz CT molecular complexity index is 967. The molecule has 3 aliphatic rings. The molecular weight excluding hydrogens is 428 g/mol. The Morgan fingerprint density at radius 1 is 1.06 bits per heavy atom. The highest BCUT2D eigenvalue weighted by Crippen LogP contribution is 2.58. The van der Waals surface area contributed by atoms with Crippen molar-refractivity contribution < 1.29 is 34.8 Å². The van der Waals surface area contributed by atoms with Crippen molar-refractivity contribution >= 4 is 29.1 Å². The van der Waals surface area contributed by atoms with Crippen LogP contribution in [0.25, 0.3) is 0 Å². The normalized spacial score (nSPS) is 39.6. The van der Waals surface area contributed by atoms with Gasteiger partial charge >= 0.3 is 0 Å². The molecule has 0 saturated heterocycles. The average molecular weight is 453 g/mol. The first-order valence-corrected chi connectivity index (χ1v) is 10.5. The van der Waals surface area contributed by atoms with Crippen LogP contribution in [-0.2, 0) is 14.4 Å². The minimum atomic E-state index is -1.68. The van der Waals surface area contributed by atoms with Crippen molar-refractivity contribution in [3.8, 4) is 5.75 Å². The Morgan fingerprint density at radius 2 is 1.71 bits per heavy atom. The number of hydrogen-bond acceptors (Lipinski definition) is 8. The summed E-state index contributed by atoms with van der Waals surface area (Å²) in [5.41, 5.74) is 5.52. The van der Waals surface area contributed by atoms with E-state index in [0.29, 0.717) is 0 Å². The van der Waals surface area contributed by atoms with Gasteiger partial charge in [-0.2, -0.15) is 0 Å². The molecule has 2 fully saturated rings. The fourth-order valence-electron chi connectivity index (χ4n) is 6.08. The number of benzene rings is 1. The molecule has 4 rings (SSSR count). The number of rotatable bonds is 2. The van der Waals surface area contributed by atoms with Gasteiger partial charge in [-0.15, -0.1) is 0 Å². The number of carbonyl (C=O) groups excluding carboxylic acids is 3. The molecule has 2 saturated carbocycles. The van der Waals surface area contributed by atoms with Crippen molar-refractivity contribution in [3.63, 3.8) is 0 Å². The molecule has 1 amide bonds. The van der Waals surface area contributed by atoms with E-state index in [4.69, 9.17) is 17.3 Å². The number of halogens is 1. The average Bonchev–Trinajstić information content (AvgIpc) is 2.66. The van der Waals surface area contributed by atoms with Crippen LogP contribution in [0.3, 0.4) is 0 Å². The number of carbonyl (C=O) groups is 3. The van der Waals surface area contributed by atoms with Gasteiger partial charge in [0.25, 0.3) is 0 Å². The predicted molar refractivity (Wildman–Crippen MR) is 108 cm³/mol. The minimum absolute atomic E-state index is 0.00805. The second-order valence-electron chi connectivity index (χ2n) is 8.99. The van der Waals surface area contributed by atoms with Crippen molar-refractivity contribution in [1.82, 2.24) is 4.90 Å². The van der Waals surface area contributed by atoms with Gasteiger partial charge in [-0.05, 0) is 44.5 Å². The molecule has 6 N–H and O–H groups in total. The van der Waals surface area contributed by atoms with Gasteiger partial charge in [-0.25, -0.2) is 0 Å². The summed E-state index contributed by atoms with van der Waals surface area (Å²) in [5.74, 6) is -8.01. The standard InChI is InChI=1S/C21H25ClN2O7/c1-24(2)15-6-5-7-11(17(27)10(6)19(29)14(20(15)30)21(23)31)18(28)13-9(25)4-3-8(22)12(13)16(7)26/h3-4,6-7,10-11,14-18,25-28H,5H2,1-2H3,(H2,23,31)/t6-,7+,10-,11+,14+,15+,16+,17+,18-/m1/s1. The number of phenols is 1. The van der Waals surface area contributed by atoms with E-state index in [1.54, 1.807) is 19.0 Å². The highest BCUT2D eigenvalue weighted by atomic mass is 35.5. The third kappa shape index (κ3) is 3.02. The Labute approximate surface area is 183 Å². The number of aromatic hydroxyl groups is 1. The number of aliphatic hydroxyl groups excluding tert-OH is 3. The monoisotopic (exact) mass is 452 g/mol. The molecule has 3 aliphatic carbocycles. The lowest BCUT2D eigenvalue weighted by Crippen LogP contribution is -2.65. The number of phenolic OH excluding ortho intramolecular Hbond substituents is 1. The molecular formula is C21H25ClN2O7. The Morgan fingerprint density at radius 3 is 2.29 bits per heavy atom. The third-order valence-corrected chi connectivity index (χ3v) is 7.60. The number of hydrogen-bond donors (Lipinski definition) is 5. The molecule has 0 radical (unpaired) electrons. The van der Waals surface area contributed by atoms with Crippen molar-refractivity contribution in [3.05, 3.63) is 28.3 Å². The number of nitrogens with zero attached hydrogens (tertiary/aromatic N) is 1. The molecule has 168 valence electrons. The lowest BCUT2D eigenvalue weighted by Gasteiger charge is -2.54. The summed E-state index contributed by atoms with van der Waals surface area (Å²) in [5, 5.41) is 43.9. The van der Waals surface area contributed by atoms with E-state index in [1.165, 1.54) is 12.1 Å². The van der Waals surface area contributed by atoms with Crippen LogP contribution in [0, 0.1) is 29.6 Å². The van der Waals surface area contributed by atoms with Gasteiger partial charge in [0.2, 0.25) is 5.91 Å². The number of amides is 1. The van der Waals surface area contributed by atoms with Gasteiger partial charge in [-0.1, -0.05) is 11.6 Å². The SMILES string of the molecule is CN(C)[C@@H]1C(=O)[C@@H](C(N)=O)C(=O)[C@H]2[C@H](O)[C@@H]3[C@H](C[C@H]21)[C@H](O)c1c(Cl)ccc(O)c1[C@@H]3O. The second-order valence-corrected chi connectivity index (χ2v) is 9.40. The van der Waals surface area contributed by atoms with Gasteiger partial charge in [0.15, 0.2) is 17.5 Å². The number of aliphatic hydroxyl groups is 3. The lowest BCUT2D eigenvalue weighted by molar-refractivity contribution is -0.176. The molecule has 0 aliphatic heterocycles. The Hall–Kier alpha value is -2.04. The zero-order valence-electron chi connectivity index (χ0n) is 17.0. The number of Topliss-reactive ketones (excluding diaryl/α,β-unsaturated/α-hetero) is 2. The van der Waals surface area contributed by atoms with E-state index in [0.717, 1.165) is 0 Å². The van der Waals surface area contributed by atoms with Crippen molar-refractivity contribution in [2.24, 2.45) is 35.3 Å². The maximum Gasteiger partial charge on any atom is 0.235 e. The number of nitrogens with two attached hydrogens (primary N) is 1. The predicted octanol–water partition coefficient (Wildman–Crippen LogP) is -0.461. The Balaban J connectivity index is 1.85. The van der Waals surface area contributed by atoms with Gasteiger partial charge in [-0.3, -0.25) is 19.3 Å². The van der Waals surface area contributed by atoms with Crippen LogP contribution in [0.15, 0.2) is 12.1 Å². The molecule has 9 nitrogen and oxygen atoms in total. The largest absolute Gasteiger partial charge is 0.508 e. The third-order valence-electron chi connectivity index (χ3n) is 7.27. The molecule has 0 heterocycles. The number of ketones is 2. The summed E-state index contributed by atoms with van der Waals surface area (Å²) in [6.45, 7) is 0. The van der Waals surface area contributed by atoms with E-state index in [9.17, 15) is 34.8 Å². The maximum absolute atomic E-state index is 13.1. The summed E-state index contributed by atoms with van der Waals surface area (Å²) < 4.78 is 0. The number of likely N-dealkylation sites (N-methyl/N-ethyl adjacent to an activating group) is 1. The van der Waals surface area contributed by atoms with Crippen LogP contribution < -0.4 is 5.73 Å². The number of fused-ring (bicyclic) bond motifs is 3. The van der Waals surface area contributed by atoms with Crippen LogP contribution >= 0.6 is 11.6 Å². The number of primary amides is 1. The first-order valence-electron chi connectivity index (χ1n) is 10.1. The van der Waals surface area contributed by atoms with Gasteiger partial charge in [0.05, 0.1) is 30.3 Å². The molecule has 1 aromatic carbocycles. The fraction of sp³-hybridized carbons (Fsp3) is 0.571. The van der Waals surface area contributed by atoms with Crippen LogP contribution in [0.4, 0.5) is 0 Å². The van der Waals surface area contributed by atoms with Crippen LogP contribution in [0.1, 0.15) is 29.8 Å². The van der Waals surface area contributed by atoms with Crippen molar-refractivity contribution in [1.29, 1.82) is 0 Å². The summed E-state index contributed by atoms with van der Waals surface area (Å²) in [7, 11) is 3.25. The molecule has 0 unspecified atom stereocenters. The summed E-state index contributed by atoms with van der Waals surface area (Å²) in [4.78, 5) is 39.6. The van der Waals surface area contributed by atoms with E-state index in [-0.39, 0.29) is 28.3 Å². The summed E-state index contributed by atoms with van der Waals surface area (Å²) in [6, 6.07) is 1.81. The first kappa shape index (κ1) is 22.2. The van der Waals surface area contributed by atoms with Crippen LogP contribution in [0.2, 0.25) is 5.02 Å². The zero-order chi connectivity index (χ0) is 22.9. The van der Waals surface area contributed by atoms with Gasteiger partial charge < -0.3 is 26.2 Å². The highest BCUT2D eigenvalue weighted by molar-refractivity contribution is 6.31.